The Bertz CT molecular complexity index is 961. The summed E-state index contributed by atoms with van der Waals surface area (Å²) in [4.78, 5) is 13.2. The third-order valence-corrected chi connectivity index (χ3v) is 6.07. The molecule has 0 bridgehead atoms. The Labute approximate surface area is 176 Å². The molecule has 148 valence electrons. The highest BCUT2D eigenvalue weighted by Crippen LogP contribution is 2.37. The summed E-state index contributed by atoms with van der Waals surface area (Å²) in [5, 5.41) is 11.9. The van der Waals surface area contributed by atoms with Crippen LogP contribution in [-0.2, 0) is 0 Å². The van der Waals surface area contributed by atoms with Crippen molar-refractivity contribution in [1.29, 1.82) is 0 Å². The summed E-state index contributed by atoms with van der Waals surface area (Å²) in [6, 6.07) is 23.5. The van der Waals surface area contributed by atoms with Gasteiger partial charge in [-0.25, -0.2) is 0 Å². The van der Waals surface area contributed by atoms with Crippen LogP contribution < -0.4 is 4.90 Å². The number of anilines is 1. The normalized spacial score (nSPS) is 15.9. The topological polar surface area (TPSA) is 40.5 Å². The van der Waals surface area contributed by atoms with Crippen LogP contribution in [-0.4, -0.2) is 24.5 Å². The van der Waals surface area contributed by atoms with E-state index in [0.717, 1.165) is 54.6 Å². The lowest BCUT2D eigenvalue weighted by molar-refractivity contribution is 0.0934. The Balaban J connectivity index is 1.48. The summed E-state index contributed by atoms with van der Waals surface area (Å²) in [5.41, 5.74) is 4.92. The first-order valence-electron chi connectivity index (χ1n) is 9.99. The molecule has 1 N–H and O–H groups in total. The second kappa shape index (κ2) is 8.81. The number of rotatable bonds is 5. The maximum Gasteiger partial charge on any atom is 0.150 e. The summed E-state index contributed by atoms with van der Waals surface area (Å²) in [5.74, 6) is 0.217. The molecule has 3 aromatic carbocycles. The molecule has 4 heteroatoms. The molecule has 1 fully saturated rings. The Morgan fingerprint density at radius 1 is 0.931 bits per heavy atom. The lowest BCUT2D eigenvalue weighted by atomic mass is 9.84. The minimum absolute atomic E-state index is 0.217. The van der Waals surface area contributed by atoms with E-state index in [1.807, 2.05) is 66.7 Å². The maximum atomic E-state index is 11.2. The van der Waals surface area contributed by atoms with E-state index in [4.69, 9.17) is 11.6 Å². The molecular formula is C25H24ClNO2. The number of carbonyl (C=O) groups excluding carboxylic acids is 1. The SMILES string of the molecule is O=Cc1ccc(N2CCC(C(O)c3ccccc3-c3ccc(Cl)cc3)CC2)cc1. The molecule has 1 aliphatic heterocycles. The predicted octanol–water partition coefficient (Wildman–Crippen LogP) is 5.77. The van der Waals surface area contributed by atoms with Gasteiger partial charge in [-0.15, -0.1) is 0 Å². The Morgan fingerprint density at radius 3 is 2.24 bits per heavy atom. The van der Waals surface area contributed by atoms with Gasteiger partial charge in [-0.1, -0.05) is 48.0 Å². The number of halogens is 1. The number of aldehydes is 1. The molecule has 1 aliphatic rings. The number of carbonyl (C=O) groups is 1. The van der Waals surface area contributed by atoms with Gasteiger partial charge in [-0.3, -0.25) is 4.79 Å². The van der Waals surface area contributed by atoms with Crippen molar-refractivity contribution in [2.24, 2.45) is 5.92 Å². The van der Waals surface area contributed by atoms with E-state index in [2.05, 4.69) is 11.0 Å². The lowest BCUT2D eigenvalue weighted by Crippen LogP contribution is -2.35. The van der Waals surface area contributed by atoms with Gasteiger partial charge in [0.25, 0.3) is 0 Å². The molecule has 3 nitrogen and oxygen atoms in total. The highest BCUT2D eigenvalue weighted by atomic mass is 35.5. The van der Waals surface area contributed by atoms with Gasteiger partial charge in [0.1, 0.15) is 6.29 Å². The van der Waals surface area contributed by atoms with Crippen LogP contribution in [0.25, 0.3) is 11.1 Å². The molecule has 4 rings (SSSR count). The van der Waals surface area contributed by atoms with Crippen molar-refractivity contribution in [2.45, 2.75) is 18.9 Å². The highest BCUT2D eigenvalue weighted by molar-refractivity contribution is 6.30. The van der Waals surface area contributed by atoms with Crippen molar-refractivity contribution >= 4 is 23.6 Å². The molecule has 3 aromatic rings. The summed E-state index contributed by atoms with van der Waals surface area (Å²) in [7, 11) is 0. The van der Waals surface area contributed by atoms with Gasteiger partial charge in [0.15, 0.2) is 0 Å². The molecule has 0 amide bonds. The fourth-order valence-corrected chi connectivity index (χ4v) is 4.26. The van der Waals surface area contributed by atoms with Gasteiger partial charge in [0.05, 0.1) is 6.10 Å². The van der Waals surface area contributed by atoms with Crippen molar-refractivity contribution in [3.8, 4) is 11.1 Å². The summed E-state index contributed by atoms with van der Waals surface area (Å²) in [6.07, 6.45) is 2.21. The minimum atomic E-state index is -0.499. The van der Waals surface area contributed by atoms with Crippen LogP contribution in [0.2, 0.25) is 5.02 Å². The fourth-order valence-electron chi connectivity index (χ4n) is 4.14. The second-order valence-corrected chi connectivity index (χ2v) is 8.01. The van der Waals surface area contributed by atoms with Crippen LogP contribution in [0.3, 0.4) is 0 Å². The largest absolute Gasteiger partial charge is 0.388 e. The fraction of sp³-hybridized carbons (Fsp3) is 0.240. The summed E-state index contributed by atoms with van der Waals surface area (Å²) >= 11 is 6.03. The third kappa shape index (κ3) is 4.36. The van der Waals surface area contributed by atoms with Gasteiger partial charge in [0.2, 0.25) is 0 Å². The van der Waals surface area contributed by atoms with Gasteiger partial charge in [0, 0.05) is 29.4 Å². The number of hydrogen-bond acceptors (Lipinski definition) is 3. The Kier molecular flexibility index (Phi) is 5.98. The predicted molar refractivity (Wildman–Crippen MR) is 119 cm³/mol. The molecule has 0 saturated carbocycles. The Hall–Kier alpha value is -2.62. The molecule has 1 heterocycles. The van der Waals surface area contributed by atoms with Crippen molar-refractivity contribution < 1.29 is 9.90 Å². The minimum Gasteiger partial charge on any atom is -0.388 e. The van der Waals surface area contributed by atoms with Crippen LogP contribution in [0.4, 0.5) is 5.69 Å². The van der Waals surface area contributed by atoms with Gasteiger partial charge in [-0.2, -0.15) is 0 Å². The van der Waals surface area contributed by atoms with Gasteiger partial charge < -0.3 is 10.0 Å². The first-order valence-corrected chi connectivity index (χ1v) is 10.4. The van der Waals surface area contributed by atoms with Crippen molar-refractivity contribution in [1.82, 2.24) is 0 Å². The van der Waals surface area contributed by atoms with Gasteiger partial charge in [-0.05, 0) is 71.8 Å². The number of benzene rings is 3. The molecule has 29 heavy (non-hydrogen) atoms. The Morgan fingerprint density at radius 2 is 1.59 bits per heavy atom. The van der Waals surface area contributed by atoms with Crippen LogP contribution >= 0.6 is 11.6 Å². The number of nitrogens with zero attached hydrogens (tertiary/aromatic N) is 1. The molecule has 1 saturated heterocycles. The standard InChI is InChI=1S/C25H24ClNO2/c26-21-9-7-19(8-10-21)23-3-1-2-4-24(23)25(29)20-13-15-27(16-14-20)22-11-5-18(17-28)6-12-22/h1-12,17,20,25,29H,13-16H2. The van der Waals surface area contributed by atoms with Crippen LogP contribution in [0.1, 0.15) is 34.9 Å². The van der Waals surface area contributed by atoms with E-state index in [9.17, 15) is 9.90 Å². The number of aliphatic hydroxyl groups excluding tert-OH is 1. The molecule has 0 radical (unpaired) electrons. The average Bonchev–Trinajstić information content (AvgIpc) is 2.79. The molecule has 1 unspecified atom stereocenters. The number of aliphatic hydroxyl groups is 1. The molecule has 0 spiro atoms. The van der Waals surface area contributed by atoms with Crippen LogP contribution in [0.15, 0.2) is 72.8 Å². The van der Waals surface area contributed by atoms with Crippen molar-refractivity contribution in [3.63, 3.8) is 0 Å². The number of piperidine rings is 1. The summed E-state index contributed by atoms with van der Waals surface area (Å²) in [6.45, 7) is 1.79. The monoisotopic (exact) mass is 405 g/mol. The van der Waals surface area contributed by atoms with Crippen LogP contribution in [0, 0.1) is 5.92 Å². The van der Waals surface area contributed by atoms with Crippen molar-refractivity contribution in [2.75, 3.05) is 18.0 Å². The second-order valence-electron chi connectivity index (χ2n) is 7.57. The first-order chi connectivity index (χ1) is 14.2. The first kappa shape index (κ1) is 19.7. The highest BCUT2D eigenvalue weighted by Gasteiger charge is 2.28. The molecule has 0 aromatic heterocycles. The van der Waals surface area contributed by atoms with Crippen molar-refractivity contribution in [3.05, 3.63) is 88.9 Å². The van der Waals surface area contributed by atoms with E-state index in [1.54, 1.807) is 0 Å². The van der Waals surface area contributed by atoms with E-state index in [-0.39, 0.29) is 5.92 Å². The smallest absolute Gasteiger partial charge is 0.150 e. The quantitative estimate of drug-likeness (QED) is 0.548. The van der Waals surface area contributed by atoms with E-state index < -0.39 is 6.10 Å². The molecule has 1 atom stereocenters. The van der Waals surface area contributed by atoms with Crippen LogP contribution in [0.5, 0.6) is 0 Å². The van der Waals surface area contributed by atoms with E-state index in [1.165, 1.54) is 0 Å². The van der Waals surface area contributed by atoms with E-state index in [0.29, 0.717) is 10.6 Å². The molecular weight excluding hydrogens is 382 g/mol. The summed E-state index contributed by atoms with van der Waals surface area (Å²) < 4.78 is 0. The van der Waals surface area contributed by atoms with E-state index >= 15 is 0 Å². The maximum absolute atomic E-state index is 11.2. The lowest BCUT2D eigenvalue weighted by Gasteiger charge is -2.36. The average molecular weight is 406 g/mol. The molecule has 0 aliphatic carbocycles. The zero-order chi connectivity index (χ0) is 20.2. The number of hydrogen-bond donors (Lipinski definition) is 1. The zero-order valence-corrected chi connectivity index (χ0v) is 16.9. The third-order valence-electron chi connectivity index (χ3n) is 5.82. The zero-order valence-electron chi connectivity index (χ0n) is 16.2. The van der Waals surface area contributed by atoms with Gasteiger partial charge >= 0.3 is 0 Å².